The maximum Gasteiger partial charge on any atom is 0.270 e. The van der Waals surface area contributed by atoms with E-state index in [1.165, 1.54) is 18.3 Å². The van der Waals surface area contributed by atoms with Crippen LogP contribution in [0, 0.1) is 16.0 Å². The standard InChI is InChI=1S/C23H26ClN5O5/c1-15(2)21(26-22(30)16-3-5-18(24)6-4-16)23(31)27-25-14-17-13-19(29(32)33)7-8-20(17)28-9-11-34-12-10-28/h3-8,13-15,21H,9-12H2,1-2H3,(H,26,30)(H,27,31)/b25-14-. The van der Waals surface area contributed by atoms with Crippen LogP contribution in [0.2, 0.25) is 5.02 Å². The molecule has 0 saturated carbocycles. The molecule has 2 aromatic rings. The molecule has 3 rings (SSSR count). The molecule has 1 aliphatic heterocycles. The Hall–Kier alpha value is -3.50. The molecule has 2 aromatic carbocycles. The first-order valence-corrected chi connectivity index (χ1v) is 11.1. The van der Waals surface area contributed by atoms with E-state index in [2.05, 4.69) is 15.8 Å². The van der Waals surface area contributed by atoms with Gasteiger partial charge in [0.15, 0.2) is 0 Å². The zero-order chi connectivity index (χ0) is 24.7. The minimum absolute atomic E-state index is 0.0833. The topological polar surface area (TPSA) is 126 Å². The van der Waals surface area contributed by atoms with E-state index in [4.69, 9.17) is 16.3 Å². The van der Waals surface area contributed by atoms with Crippen molar-refractivity contribution in [2.24, 2.45) is 11.0 Å². The molecule has 34 heavy (non-hydrogen) atoms. The average Bonchev–Trinajstić information content (AvgIpc) is 2.83. The molecular formula is C23H26ClN5O5. The Morgan fingerprint density at radius 1 is 1.18 bits per heavy atom. The minimum atomic E-state index is -0.843. The van der Waals surface area contributed by atoms with Gasteiger partial charge in [-0.15, -0.1) is 0 Å². The van der Waals surface area contributed by atoms with Crippen molar-refractivity contribution in [1.29, 1.82) is 0 Å². The number of nitro benzene ring substituents is 1. The lowest BCUT2D eigenvalue weighted by molar-refractivity contribution is -0.384. The van der Waals surface area contributed by atoms with Crippen LogP contribution < -0.4 is 15.6 Å². The molecule has 2 amide bonds. The number of hydrogen-bond donors (Lipinski definition) is 2. The first-order chi connectivity index (χ1) is 16.3. The Labute approximate surface area is 202 Å². The molecular weight excluding hydrogens is 462 g/mol. The Morgan fingerprint density at radius 2 is 1.85 bits per heavy atom. The molecule has 180 valence electrons. The molecule has 11 heteroatoms. The molecule has 0 bridgehead atoms. The lowest BCUT2D eigenvalue weighted by Gasteiger charge is -2.29. The zero-order valence-electron chi connectivity index (χ0n) is 18.9. The van der Waals surface area contributed by atoms with Crippen LogP contribution in [0.15, 0.2) is 47.6 Å². The minimum Gasteiger partial charge on any atom is -0.378 e. The SMILES string of the molecule is CC(C)C(NC(=O)c1ccc(Cl)cc1)C(=O)N/N=C\c1cc([N+](=O)[O-])ccc1N1CCOCC1. The van der Waals surface area contributed by atoms with Gasteiger partial charge in [-0.3, -0.25) is 19.7 Å². The smallest absolute Gasteiger partial charge is 0.270 e. The Bertz CT molecular complexity index is 1070. The summed E-state index contributed by atoms with van der Waals surface area (Å²) in [6.45, 7) is 5.97. The normalized spacial score (nSPS) is 14.8. The number of benzene rings is 2. The second-order valence-corrected chi connectivity index (χ2v) is 8.47. The number of nitro groups is 1. The number of morpholine rings is 1. The number of nitrogens with one attached hydrogen (secondary N) is 2. The number of carbonyl (C=O) groups is 2. The van der Waals surface area contributed by atoms with Crippen molar-refractivity contribution < 1.29 is 19.2 Å². The number of hydrogen-bond acceptors (Lipinski definition) is 7. The van der Waals surface area contributed by atoms with E-state index in [0.717, 1.165) is 5.69 Å². The molecule has 1 unspecified atom stereocenters. The maximum absolute atomic E-state index is 12.8. The van der Waals surface area contributed by atoms with E-state index in [-0.39, 0.29) is 11.6 Å². The third-order valence-corrected chi connectivity index (χ3v) is 5.55. The number of amides is 2. The lowest BCUT2D eigenvalue weighted by Crippen LogP contribution is -2.48. The van der Waals surface area contributed by atoms with Crippen molar-refractivity contribution in [3.05, 3.63) is 68.7 Å². The van der Waals surface area contributed by atoms with Gasteiger partial charge in [-0.25, -0.2) is 5.43 Å². The van der Waals surface area contributed by atoms with Gasteiger partial charge in [0.05, 0.1) is 24.4 Å². The average molecular weight is 488 g/mol. The van der Waals surface area contributed by atoms with Crippen LogP contribution in [0.4, 0.5) is 11.4 Å². The summed E-state index contributed by atoms with van der Waals surface area (Å²) in [5.41, 5.74) is 3.97. The number of rotatable bonds is 8. The summed E-state index contributed by atoms with van der Waals surface area (Å²) in [4.78, 5) is 38.1. The Kier molecular flexibility index (Phi) is 8.55. The molecule has 1 saturated heterocycles. The molecule has 0 aliphatic carbocycles. The first-order valence-electron chi connectivity index (χ1n) is 10.8. The number of anilines is 1. The predicted molar refractivity (Wildman–Crippen MR) is 129 cm³/mol. The highest BCUT2D eigenvalue weighted by Crippen LogP contribution is 2.25. The van der Waals surface area contributed by atoms with Crippen molar-refractivity contribution in [2.45, 2.75) is 19.9 Å². The van der Waals surface area contributed by atoms with Crippen LogP contribution in [-0.2, 0) is 9.53 Å². The second-order valence-electron chi connectivity index (χ2n) is 8.04. The first kappa shape index (κ1) is 25.1. The molecule has 2 N–H and O–H groups in total. The van der Waals surface area contributed by atoms with Crippen LogP contribution in [0.5, 0.6) is 0 Å². The summed E-state index contributed by atoms with van der Waals surface area (Å²) in [7, 11) is 0. The van der Waals surface area contributed by atoms with E-state index in [0.29, 0.717) is 42.5 Å². The van der Waals surface area contributed by atoms with Crippen LogP contribution in [0.1, 0.15) is 29.8 Å². The maximum atomic E-state index is 12.8. The van der Waals surface area contributed by atoms with Crippen molar-refractivity contribution in [1.82, 2.24) is 10.7 Å². The number of halogens is 1. The van der Waals surface area contributed by atoms with Gasteiger partial charge in [0.2, 0.25) is 0 Å². The number of hydrazone groups is 1. The Balaban J connectivity index is 1.73. The molecule has 1 heterocycles. The molecule has 0 radical (unpaired) electrons. The van der Waals surface area contributed by atoms with Gasteiger partial charge in [-0.05, 0) is 36.2 Å². The van der Waals surface area contributed by atoms with Crippen molar-refractivity contribution in [2.75, 3.05) is 31.2 Å². The molecule has 1 atom stereocenters. The molecule has 1 fully saturated rings. The van der Waals surface area contributed by atoms with E-state index in [9.17, 15) is 19.7 Å². The summed E-state index contributed by atoms with van der Waals surface area (Å²) >= 11 is 5.86. The Morgan fingerprint density at radius 3 is 2.47 bits per heavy atom. The number of ether oxygens (including phenoxy) is 1. The van der Waals surface area contributed by atoms with Crippen molar-refractivity contribution >= 4 is 41.0 Å². The number of nitrogens with zero attached hydrogens (tertiary/aromatic N) is 3. The van der Waals surface area contributed by atoms with Crippen molar-refractivity contribution in [3.8, 4) is 0 Å². The zero-order valence-corrected chi connectivity index (χ0v) is 19.6. The fourth-order valence-electron chi connectivity index (χ4n) is 3.45. The number of non-ortho nitro benzene ring substituents is 1. The van der Waals surface area contributed by atoms with Crippen LogP contribution in [0.25, 0.3) is 0 Å². The van der Waals surface area contributed by atoms with Crippen LogP contribution in [-0.4, -0.2) is 55.3 Å². The van der Waals surface area contributed by atoms with Crippen molar-refractivity contribution in [3.63, 3.8) is 0 Å². The quantitative estimate of drug-likeness (QED) is 0.335. The van der Waals surface area contributed by atoms with Gasteiger partial charge in [-0.1, -0.05) is 25.4 Å². The largest absolute Gasteiger partial charge is 0.378 e. The van der Waals surface area contributed by atoms with Gasteiger partial charge < -0.3 is 15.0 Å². The fourth-order valence-corrected chi connectivity index (χ4v) is 3.57. The van der Waals surface area contributed by atoms with E-state index in [1.807, 2.05) is 4.90 Å². The van der Waals surface area contributed by atoms with E-state index < -0.39 is 22.8 Å². The molecule has 1 aliphatic rings. The third kappa shape index (κ3) is 6.52. The van der Waals surface area contributed by atoms with E-state index >= 15 is 0 Å². The summed E-state index contributed by atoms with van der Waals surface area (Å²) in [6.07, 6.45) is 1.37. The fraction of sp³-hybridized carbons (Fsp3) is 0.348. The number of carbonyl (C=O) groups excluding carboxylic acids is 2. The highest BCUT2D eigenvalue weighted by Gasteiger charge is 2.25. The van der Waals surface area contributed by atoms with Crippen LogP contribution >= 0.6 is 11.6 Å². The molecule has 0 spiro atoms. The third-order valence-electron chi connectivity index (χ3n) is 5.29. The van der Waals surface area contributed by atoms with Gasteiger partial charge in [0.1, 0.15) is 6.04 Å². The summed E-state index contributed by atoms with van der Waals surface area (Å²) in [6, 6.07) is 9.98. The second kappa shape index (κ2) is 11.6. The lowest BCUT2D eigenvalue weighted by atomic mass is 10.0. The van der Waals surface area contributed by atoms with Gasteiger partial charge >= 0.3 is 0 Å². The monoisotopic (exact) mass is 487 g/mol. The van der Waals surface area contributed by atoms with Gasteiger partial charge in [-0.2, -0.15) is 5.10 Å². The highest BCUT2D eigenvalue weighted by molar-refractivity contribution is 6.30. The van der Waals surface area contributed by atoms with Gasteiger partial charge in [0.25, 0.3) is 17.5 Å². The predicted octanol–water partition coefficient (Wildman–Crippen LogP) is 2.99. The molecule has 0 aromatic heterocycles. The summed E-state index contributed by atoms with van der Waals surface area (Å²) in [5, 5.41) is 18.5. The van der Waals surface area contributed by atoms with E-state index in [1.54, 1.807) is 44.2 Å². The van der Waals surface area contributed by atoms with Gasteiger partial charge in [0, 0.05) is 47.1 Å². The summed E-state index contributed by atoms with van der Waals surface area (Å²) in [5.74, 6) is -1.14. The summed E-state index contributed by atoms with van der Waals surface area (Å²) < 4.78 is 5.37. The molecule has 10 nitrogen and oxygen atoms in total. The highest BCUT2D eigenvalue weighted by atomic mass is 35.5. The van der Waals surface area contributed by atoms with Crippen LogP contribution in [0.3, 0.4) is 0 Å².